The van der Waals surface area contributed by atoms with E-state index in [1.54, 1.807) is 7.11 Å². The molecular weight excluding hydrogens is 352 g/mol. The minimum Gasteiger partial charge on any atom is -0.496 e. The van der Waals surface area contributed by atoms with Gasteiger partial charge in [-0.3, -0.25) is 0 Å². The van der Waals surface area contributed by atoms with Crippen LogP contribution in [0.15, 0.2) is 28.7 Å². The van der Waals surface area contributed by atoms with E-state index < -0.39 is 6.10 Å². The lowest BCUT2D eigenvalue weighted by atomic mass is 9.92. The average molecular weight is 370 g/mol. The maximum absolute atomic E-state index is 10.9. The number of hydrogen-bond acceptors (Lipinski definition) is 2. The number of aliphatic hydroxyl groups excluding tert-OH is 1. The van der Waals surface area contributed by atoms with Crippen LogP contribution in [0.4, 0.5) is 0 Å². The fourth-order valence-electron chi connectivity index (χ4n) is 2.55. The summed E-state index contributed by atoms with van der Waals surface area (Å²) in [7, 11) is 1.62. The van der Waals surface area contributed by atoms with Gasteiger partial charge in [-0.2, -0.15) is 0 Å². The van der Waals surface area contributed by atoms with Crippen molar-refractivity contribution in [2.24, 2.45) is 0 Å². The number of aryl methyl sites for hydroxylation is 1. The van der Waals surface area contributed by atoms with Crippen molar-refractivity contribution in [3.8, 4) is 5.75 Å². The fourth-order valence-corrected chi connectivity index (χ4v) is 3.29. The molecule has 0 heterocycles. The number of methoxy groups -OCH3 is 1. The molecule has 1 unspecified atom stereocenters. The van der Waals surface area contributed by atoms with Crippen LogP contribution >= 0.6 is 27.5 Å². The number of aliphatic hydroxyl groups is 1. The topological polar surface area (TPSA) is 29.5 Å². The molecule has 1 N–H and O–H groups in total. The Morgan fingerprint density at radius 2 is 1.86 bits per heavy atom. The first kappa shape index (κ1) is 16.3. The molecule has 0 aliphatic rings. The van der Waals surface area contributed by atoms with Crippen molar-refractivity contribution in [2.75, 3.05) is 7.11 Å². The van der Waals surface area contributed by atoms with Crippen molar-refractivity contribution >= 4 is 27.5 Å². The molecule has 2 aromatic rings. The van der Waals surface area contributed by atoms with Gasteiger partial charge in [0.25, 0.3) is 0 Å². The lowest BCUT2D eigenvalue weighted by Gasteiger charge is -2.22. The lowest BCUT2D eigenvalue weighted by Crippen LogP contribution is -2.08. The van der Waals surface area contributed by atoms with Gasteiger partial charge in [0.1, 0.15) is 11.9 Å². The van der Waals surface area contributed by atoms with Gasteiger partial charge in [0.15, 0.2) is 0 Å². The van der Waals surface area contributed by atoms with Gasteiger partial charge in [0, 0.05) is 15.1 Å². The van der Waals surface area contributed by atoms with E-state index >= 15 is 0 Å². The van der Waals surface area contributed by atoms with Crippen LogP contribution in [0.25, 0.3) is 0 Å². The molecule has 0 saturated carbocycles. The maximum atomic E-state index is 10.9. The minimum absolute atomic E-state index is 0.648. The number of hydrogen-bond donors (Lipinski definition) is 1. The summed E-state index contributed by atoms with van der Waals surface area (Å²) in [5.74, 6) is 0.711. The molecule has 4 heteroatoms. The van der Waals surface area contributed by atoms with E-state index in [2.05, 4.69) is 15.9 Å². The summed E-state index contributed by atoms with van der Waals surface area (Å²) in [5.41, 5.74) is 4.38. The Labute approximate surface area is 138 Å². The summed E-state index contributed by atoms with van der Waals surface area (Å²) < 4.78 is 6.46. The van der Waals surface area contributed by atoms with Gasteiger partial charge in [-0.1, -0.05) is 39.7 Å². The van der Waals surface area contributed by atoms with Gasteiger partial charge in [-0.05, 0) is 55.2 Å². The highest BCUT2D eigenvalue weighted by atomic mass is 79.9. The van der Waals surface area contributed by atoms with Gasteiger partial charge in [-0.15, -0.1) is 0 Å². The van der Waals surface area contributed by atoms with Crippen LogP contribution in [0.2, 0.25) is 5.02 Å². The predicted octanol–water partition coefficient (Wildman–Crippen LogP) is 5.12. The van der Waals surface area contributed by atoms with E-state index in [1.807, 2.05) is 45.0 Å². The Hall–Kier alpha value is -1.03. The molecule has 0 aliphatic carbocycles. The second-order valence-electron chi connectivity index (χ2n) is 5.10. The van der Waals surface area contributed by atoms with E-state index in [4.69, 9.17) is 16.3 Å². The van der Waals surface area contributed by atoms with Gasteiger partial charge in [0.2, 0.25) is 0 Å². The minimum atomic E-state index is -0.783. The third-order valence-corrected chi connectivity index (χ3v) is 5.02. The van der Waals surface area contributed by atoms with E-state index in [-0.39, 0.29) is 0 Å². The summed E-state index contributed by atoms with van der Waals surface area (Å²) in [4.78, 5) is 0. The van der Waals surface area contributed by atoms with Crippen molar-refractivity contribution in [1.82, 2.24) is 0 Å². The van der Waals surface area contributed by atoms with Crippen molar-refractivity contribution in [1.29, 1.82) is 0 Å². The van der Waals surface area contributed by atoms with E-state index in [9.17, 15) is 5.11 Å². The molecule has 21 heavy (non-hydrogen) atoms. The van der Waals surface area contributed by atoms with Crippen molar-refractivity contribution < 1.29 is 9.84 Å². The van der Waals surface area contributed by atoms with Crippen LogP contribution in [0, 0.1) is 20.8 Å². The van der Waals surface area contributed by atoms with E-state index in [0.717, 1.165) is 32.3 Å². The molecule has 0 bridgehead atoms. The molecule has 0 saturated heterocycles. The monoisotopic (exact) mass is 368 g/mol. The third kappa shape index (κ3) is 2.96. The molecule has 1 atom stereocenters. The first-order valence-electron chi connectivity index (χ1n) is 6.65. The smallest absolute Gasteiger partial charge is 0.128 e. The Morgan fingerprint density at radius 3 is 2.48 bits per heavy atom. The summed E-state index contributed by atoms with van der Waals surface area (Å²) in [6, 6.07) is 7.56. The van der Waals surface area contributed by atoms with E-state index in [0.29, 0.717) is 10.8 Å². The second kappa shape index (κ2) is 6.39. The van der Waals surface area contributed by atoms with E-state index in [1.165, 1.54) is 0 Å². The van der Waals surface area contributed by atoms with Gasteiger partial charge in [0.05, 0.1) is 7.11 Å². The lowest BCUT2D eigenvalue weighted by molar-refractivity contribution is 0.213. The van der Waals surface area contributed by atoms with Gasteiger partial charge >= 0.3 is 0 Å². The SMILES string of the molecule is COc1c(C)cc(Br)c(C)c1C(O)c1cccc(Cl)c1C. The van der Waals surface area contributed by atoms with Crippen molar-refractivity contribution in [2.45, 2.75) is 26.9 Å². The molecule has 0 aromatic heterocycles. The zero-order valence-electron chi connectivity index (χ0n) is 12.5. The number of rotatable bonds is 3. The molecule has 2 aromatic carbocycles. The Balaban J connectivity index is 2.68. The molecule has 0 aliphatic heterocycles. The van der Waals surface area contributed by atoms with Crippen LogP contribution < -0.4 is 4.74 Å². The molecule has 0 amide bonds. The highest BCUT2D eigenvalue weighted by molar-refractivity contribution is 9.10. The Bertz CT molecular complexity index is 683. The molecule has 112 valence electrons. The molecule has 2 rings (SSSR count). The van der Waals surface area contributed by atoms with Crippen LogP contribution in [0.5, 0.6) is 5.75 Å². The summed E-state index contributed by atoms with van der Waals surface area (Å²) in [6.45, 7) is 5.84. The fraction of sp³-hybridized carbons (Fsp3) is 0.294. The number of ether oxygens (including phenoxy) is 1. The molecule has 0 spiro atoms. The highest BCUT2D eigenvalue weighted by Crippen LogP contribution is 2.40. The summed E-state index contributed by atoms with van der Waals surface area (Å²) in [6.07, 6.45) is -0.783. The largest absolute Gasteiger partial charge is 0.496 e. The first-order valence-corrected chi connectivity index (χ1v) is 7.82. The highest BCUT2D eigenvalue weighted by Gasteiger charge is 2.23. The summed E-state index contributed by atoms with van der Waals surface area (Å²) in [5, 5.41) is 11.5. The quantitative estimate of drug-likeness (QED) is 0.814. The average Bonchev–Trinajstić information content (AvgIpc) is 2.44. The molecule has 2 nitrogen and oxygen atoms in total. The van der Waals surface area contributed by atoms with Gasteiger partial charge < -0.3 is 9.84 Å². The molecule has 0 radical (unpaired) electrons. The first-order chi connectivity index (χ1) is 9.88. The predicted molar refractivity (Wildman–Crippen MR) is 90.4 cm³/mol. The third-order valence-electron chi connectivity index (χ3n) is 3.79. The molecular formula is C17H18BrClO2. The standard InChI is InChI=1S/C17H18BrClO2/c1-9-8-13(18)11(3)15(17(9)21-4)16(20)12-6-5-7-14(19)10(12)2/h5-8,16,20H,1-4H3. The van der Waals surface area contributed by atoms with Crippen LogP contribution in [0.3, 0.4) is 0 Å². The maximum Gasteiger partial charge on any atom is 0.128 e. The van der Waals surface area contributed by atoms with Crippen molar-refractivity contribution in [3.05, 3.63) is 61.6 Å². The Morgan fingerprint density at radius 1 is 1.19 bits per heavy atom. The molecule has 0 fully saturated rings. The summed E-state index contributed by atoms with van der Waals surface area (Å²) >= 11 is 9.71. The number of halogens is 2. The number of benzene rings is 2. The second-order valence-corrected chi connectivity index (χ2v) is 6.37. The van der Waals surface area contributed by atoms with Crippen molar-refractivity contribution in [3.63, 3.8) is 0 Å². The normalized spacial score (nSPS) is 12.3. The zero-order valence-corrected chi connectivity index (χ0v) is 14.8. The van der Waals surface area contributed by atoms with Gasteiger partial charge in [-0.25, -0.2) is 0 Å². The van der Waals surface area contributed by atoms with Crippen LogP contribution in [-0.2, 0) is 0 Å². The van der Waals surface area contributed by atoms with Crippen LogP contribution in [-0.4, -0.2) is 12.2 Å². The van der Waals surface area contributed by atoms with Crippen LogP contribution in [0.1, 0.15) is 33.9 Å². The zero-order chi connectivity index (χ0) is 15.7. The Kier molecular flexibility index (Phi) is 4.97.